The third kappa shape index (κ3) is 3.11. The average molecular weight is 287 g/mol. The smallest absolute Gasteiger partial charge is 0.124 e. The summed E-state index contributed by atoms with van der Waals surface area (Å²) < 4.78 is 5.90. The van der Waals surface area contributed by atoms with Gasteiger partial charge < -0.3 is 10.1 Å². The molecule has 116 valence electrons. The van der Waals surface area contributed by atoms with E-state index in [4.69, 9.17) is 4.74 Å². The van der Waals surface area contributed by atoms with E-state index in [-0.39, 0.29) is 0 Å². The Bertz CT molecular complexity index is 459. The summed E-state index contributed by atoms with van der Waals surface area (Å²) in [6.45, 7) is 6.16. The van der Waals surface area contributed by atoms with Crippen molar-refractivity contribution in [1.29, 1.82) is 0 Å². The SMILES string of the molecule is CCCNC(c1ccccc1OCC)C1CC2CCC1C2. The van der Waals surface area contributed by atoms with Gasteiger partial charge in [-0.25, -0.2) is 0 Å². The lowest BCUT2D eigenvalue weighted by atomic mass is 9.80. The highest BCUT2D eigenvalue weighted by atomic mass is 16.5. The molecule has 1 aromatic carbocycles. The lowest BCUT2D eigenvalue weighted by molar-refractivity contribution is 0.242. The van der Waals surface area contributed by atoms with Gasteiger partial charge in [0.1, 0.15) is 5.75 Å². The van der Waals surface area contributed by atoms with E-state index >= 15 is 0 Å². The first-order chi connectivity index (χ1) is 10.3. The highest BCUT2D eigenvalue weighted by Gasteiger charge is 2.43. The van der Waals surface area contributed by atoms with E-state index < -0.39 is 0 Å². The minimum absolute atomic E-state index is 0.475. The fourth-order valence-electron chi connectivity index (χ4n) is 4.52. The maximum absolute atomic E-state index is 5.90. The molecule has 2 bridgehead atoms. The van der Waals surface area contributed by atoms with Gasteiger partial charge >= 0.3 is 0 Å². The third-order valence-corrected chi connectivity index (χ3v) is 5.39. The van der Waals surface area contributed by atoms with Crippen LogP contribution in [0.1, 0.15) is 57.6 Å². The van der Waals surface area contributed by atoms with Gasteiger partial charge in [0.25, 0.3) is 0 Å². The summed E-state index contributed by atoms with van der Waals surface area (Å²) in [6.07, 6.45) is 6.97. The first-order valence-electron chi connectivity index (χ1n) is 8.78. The molecule has 0 amide bonds. The van der Waals surface area contributed by atoms with Crippen LogP contribution in [0.4, 0.5) is 0 Å². The van der Waals surface area contributed by atoms with Gasteiger partial charge in [-0.15, -0.1) is 0 Å². The summed E-state index contributed by atoms with van der Waals surface area (Å²) in [4.78, 5) is 0. The van der Waals surface area contributed by atoms with Crippen LogP contribution in [-0.4, -0.2) is 13.2 Å². The molecule has 2 aliphatic carbocycles. The number of para-hydroxylation sites is 1. The molecule has 2 aliphatic rings. The molecule has 2 heteroatoms. The van der Waals surface area contributed by atoms with Gasteiger partial charge in [-0.3, -0.25) is 0 Å². The van der Waals surface area contributed by atoms with Crippen LogP contribution in [0, 0.1) is 17.8 Å². The van der Waals surface area contributed by atoms with E-state index in [0.717, 1.165) is 36.7 Å². The Labute approximate surface area is 129 Å². The Morgan fingerprint density at radius 1 is 1.19 bits per heavy atom. The molecule has 0 aromatic heterocycles. The molecule has 2 fully saturated rings. The summed E-state index contributed by atoms with van der Waals surface area (Å²) in [5.74, 6) is 3.80. The zero-order chi connectivity index (χ0) is 14.7. The van der Waals surface area contributed by atoms with Crippen molar-refractivity contribution in [2.24, 2.45) is 17.8 Å². The summed E-state index contributed by atoms with van der Waals surface area (Å²) in [7, 11) is 0. The van der Waals surface area contributed by atoms with Crippen LogP contribution in [-0.2, 0) is 0 Å². The summed E-state index contributed by atoms with van der Waals surface area (Å²) in [6, 6.07) is 9.12. The normalized spacial score (nSPS) is 28.8. The van der Waals surface area contributed by atoms with E-state index in [1.807, 2.05) is 0 Å². The van der Waals surface area contributed by atoms with Crippen molar-refractivity contribution in [2.45, 2.75) is 52.0 Å². The molecule has 21 heavy (non-hydrogen) atoms. The highest BCUT2D eigenvalue weighted by Crippen LogP contribution is 2.53. The van der Waals surface area contributed by atoms with E-state index in [9.17, 15) is 0 Å². The van der Waals surface area contributed by atoms with Crippen molar-refractivity contribution in [2.75, 3.05) is 13.2 Å². The second-order valence-corrected chi connectivity index (χ2v) is 6.74. The van der Waals surface area contributed by atoms with E-state index in [0.29, 0.717) is 6.04 Å². The van der Waals surface area contributed by atoms with Crippen molar-refractivity contribution in [3.05, 3.63) is 29.8 Å². The molecule has 0 heterocycles. The molecule has 4 atom stereocenters. The van der Waals surface area contributed by atoms with Crippen molar-refractivity contribution >= 4 is 0 Å². The van der Waals surface area contributed by atoms with Crippen LogP contribution in [0.5, 0.6) is 5.75 Å². The number of nitrogens with one attached hydrogen (secondary N) is 1. The Balaban J connectivity index is 1.85. The standard InChI is InChI=1S/C19H29NO/c1-3-11-20-19(17-13-14-9-10-15(17)12-14)16-7-5-6-8-18(16)21-4-2/h5-8,14-15,17,19-20H,3-4,9-13H2,1-2H3. The van der Waals surface area contributed by atoms with E-state index in [1.54, 1.807) is 0 Å². The largest absolute Gasteiger partial charge is 0.494 e. The van der Waals surface area contributed by atoms with Crippen LogP contribution in [0.3, 0.4) is 0 Å². The monoisotopic (exact) mass is 287 g/mol. The minimum Gasteiger partial charge on any atom is -0.494 e. The fraction of sp³-hybridized carbons (Fsp3) is 0.684. The van der Waals surface area contributed by atoms with Gasteiger partial charge in [-0.1, -0.05) is 31.5 Å². The topological polar surface area (TPSA) is 21.3 Å². The number of rotatable bonds is 7. The zero-order valence-corrected chi connectivity index (χ0v) is 13.5. The maximum atomic E-state index is 5.90. The molecule has 3 rings (SSSR count). The van der Waals surface area contributed by atoms with Gasteiger partial charge in [-0.05, 0) is 63.0 Å². The molecule has 0 aliphatic heterocycles. The molecule has 4 unspecified atom stereocenters. The Morgan fingerprint density at radius 3 is 2.71 bits per heavy atom. The van der Waals surface area contributed by atoms with Gasteiger partial charge in [0.15, 0.2) is 0 Å². The fourth-order valence-corrected chi connectivity index (χ4v) is 4.52. The third-order valence-electron chi connectivity index (χ3n) is 5.39. The number of hydrogen-bond donors (Lipinski definition) is 1. The van der Waals surface area contributed by atoms with Crippen molar-refractivity contribution in [3.63, 3.8) is 0 Å². The summed E-state index contributed by atoms with van der Waals surface area (Å²) in [5, 5.41) is 3.83. The van der Waals surface area contributed by atoms with Gasteiger partial charge in [0, 0.05) is 11.6 Å². The Hall–Kier alpha value is -1.02. The average Bonchev–Trinajstić information content (AvgIpc) is 3.12. The molecule has 2 nitrogen and oxygen atoms in total. The summed E-state index contributed by atoms with van der Waals surface area (Å²) >= 11 is 0. The quantitative estimate of drug-likeness (QED) is 0.793. The van der Waals surface area contributed by atoms with E-state index in [2.05, 4.69) is 43.4 Å². The second-order valence-electron chi connectivity index (χ2n) is 6.74. The second kappa shape index (κ2) is 6.83. The van der Waals surface area contributed by atoms with Crippen molar-refractivity contribution < 1.29 is 4.74 Å². The Morgan fingerprint density at radius 2 is 2.05 bits per heavy atom. The number of hydrogen-bond acceptors (Lipinski definition) is 2. The van der Waals surface area contributed by atoms with Crippen LogP contribution >= 0.6 is 0 Å². The minimum atomic E-state index is 0.475. The number of benzene rings is 1. The number of fused-ring (bicyclic) bond motifs is 2. The highest BCUT2D eigenvalue weighted by molar-refractivity contribution is 5.36. The van der Waals surface area contributed by atoms with Crippen LogP contribution < -0.4 is 10.1 Å². The van der Waals surface area contributed by atoms with Gasteiger partial charge in [0.05, 0.1) is 6.61 Å². The van der Waals surface area contributed by atoms with Crippen LogP contribution in [0.2, 0.25) is 0 Å². The summed E-state index contributed by atoms with van der Waals surface area (Å²) in [5.41, 5.74) is 1.38. The molecule has 0 spiro atoms. The predicted octanol–water partition coefficient (Wildman–Crippen LogP) is 4.56. The molecule has 0 saturated heterocycles. The molecule has 2 saturated carbocycles. The molecule has 1 N–H and O–H groups in total. The van der Waals surface area contributed by atoms with Crippen LogP contribution in [0.25, 0.3) is 0 Å². The predicted molar refractivity (Wildman–Crippen MR) is 87.6 cm³/mol. The van der Waals surface area contributed by atoms with Crippen molar-refractivity contribution in [1.82, 2.24) is 5.32 Å². The lowest BCUT2D eigenvalue weighted by Crippen LogP contribution is -2.32. The Kier molecular flexibility index (Phi) is 4.84. The first-order valence-corrected chi connectivity index (χ1v) is 8.78. The van der Waals surface area contributed by atoms with Gasteiger partial charge in [0.2, 0.25) is 0 Å². The number of ether oxygens (including phenoxy) is 1. The van der Waals surface area contributed by atoms with Crippen molar-refractivity contribution in [3.8, 4) is 5.75 Å². The lowest BCUT2D eigenvalue weighted by Gasteiger charge is -2.32. The van der Waals surface area contributed by atoms with Gasteiger partial charge in [-0.2, -0.15) is 0 Å². The molecule has 1 aromatic rings. The molecular formula is C19H29NO. The molecule has 0 radical (unpaired) electrons. The zero-order valence-electron chi connectivity index (χ0n) is 13.5. The first kappa shape index (κ1) is 14.9. The van der Waals surface area contributed by atoms with Crippen LogP contribution in [0.15, 0.2) is 24.3 Å². The molecular weight excluding hydrogens is 258 g/mol. The maximum Gasteiger partial charge on any atom is 0.124 e. The van der Waals surface area contributed by atoms with E-state index in [1.165, 1.54) is 37.7 Å².